The van der Waals surface area contributed by atoms with Crippen LogP contribution >= 0.6 is 0 Å². The van der Waals surface area contributed by atoms with Crippen molar-refractivity contribution in [2.75, 3.05) is 5.32 Å². The van der Waals surface area contributed by atoms with E-state index in [4.69, 9.17) is 4.74 Å². The third-order valence-corrected chi connectivity index (χ3v) is 3.83. The Balaban J connectivity index is 1.36. The topological polar surface area (TPSA) is 97.7 Å². The number of carbonyl (C=O) groups excluding carboxylic acids is 1. The molecule has 0 unspecified atom stereocenters. The zero-order valence-electron chi connectivity index (χ0n) is 14.1. The summed E-state index contributed by atoms with van der Waals surface area (Å²) in [7, 11) is 0. The van der Waals surface area contributed by atoms with Crippen molar-refractivity contribution in [3.05, 3.63) is 66.4 Å². The van der Waals surface area contributed by atoms with Gasteiger partial charge < -0.3 is 10.1 Å². The molecule has 2 N–H and O–H groups in total. The number of rotatable bonds is 6. The summed E-state index contributed by atoms with van der Waals surface area (Å²) in [6, 6.07) is 11.4. The van der Waals surface area contributed by atoms with E-state index in [2.05, 4.69) is 25.8 Å². The number of para-hydroxylation sites is 1. The first-order valence-corrected chi connectivity index (χ1v) is 8.17. The van der Waals surface area contributed by atoms with Crippen molar-refractivity contribution < 1.29 is 13.9 Å². The van der Waals surface area contributed by atoms with Crippen LogP contribution in [0.5, 0.6) is 5.75 Å². The van der Waals surface area contributed by atoms with Gasteiger partial charge in [0.25, 0.3) is 0 Å². The van der Waals surface area contributed by atoms with Crippen LogP contribution in [0.2, 0.25) is 0 Å². The molecule has 0 aliphatic carbocycles. The Morgan fingerprint density at radius 3 is 3.04 bits per heavy atom. The molecular formula is C18H15FN6O2. The molecule has 1 amide bonds. The first-order valence-electron chi connectivity index (χ1n) is 8.17. The van der Waals surface area contributed by atoms with E-state index in [-0.39, 0.29) is 24.9 Å². The molecule has 0 fully saturated rings. The van der Waals surface area contributed by atoms with Gasteiger partial charge in [-0.3, -0.25) is 9.89 Å². The lowest BCUT2D eigenvalue weighted by Crippen LogP contribution is -2.19. The van der Waals surface area contributed by atoms with E-state index in [0.29, 0.717) is 17.1 Å². The van der Waals surface area contributed by atoms with Crippen LogP contribution in [0.25, 0.3) is 10.9 Å². The SMILES string of the molecule is O=C(Cn1cc(COc2cccc(F)c2)nn1)Nc1cccc2cn[nH]c12. The number of H-pyrrole nitrogens is 1. The number of anilines is 1. The maximum Gasteiger partial charge on any atom is 0.246 e. The van der Waals surface area contributed by atoms with Gasteiger partial charge in [-0.1, -0.05) is 23.4 Å². The zero-order valence-corrected chi connectivity index (χ0v) is 14.1. The average molecular weight is 366 g/mol. The molecule has 136 valence electrons. The molecule has 0 radical (unpaired) electrons. The monoisotopic (exact) mass is 366 g/mol. The molecule has 4 aromatic rings. The van der Waals surface area contributed by atoms with E-state index in [1.54, 1.807) is 30.6 Å². The highest BCUT2D eigenvalue weighted by Gasteiger charge is 2.10. The lowest BCUT2D eigenvalue weighted by molar-refractivity contribution is -0.116. The predicted octanol–water partition coefficient (Wildman–Crippen LogP) is 2.51. The fourth-order valence-corrected chi connectivity index (χ4v) is 2.61. The van der Waals surface area contributed by atoms with Crippen LogP contribution in [-0.2, 0) is 17.9 Å². The summed E-state index contributed by atoms with van der Waals surface area (Å²) in [6.07, 6.45) is 3.29. The van der Waals surface area contributed by atoms with Gasteiger partial charge in [0.05, 0.1) is 23.6 Å². The van der Waals surface area contributed by atoms with Gasteiger partial charge in [0, 0.05) is 11.5 Å². The van der Waals surface area contributed by atoms with Gasteiger partial charge in [-0.2, -0.15) is 5.10 Å². The molecule has 0 aliphatic heterocycles. The number of aromatic amines is 1. The van der Waals surface area contributed by atoms with Crippen LogP contribution in [0.1, 0.15) is 5.69 Å². The number of carbonyl (C=O) groups is 1. The van der Waals surface area contributed by atoms with Crippen molar-refractivity contribution in [3.63, 3.8) is 0 Å². The lowest BCUT2D eigenvalue weighted by Gasteiger charge is -2.06. The molecule has 4 rings (SSSR count). The maximum absolute atomic E-state index is 13.1. The third kappa shape index (κ3) is 3.92. The Morgan fingerprint density at radius 2 is 2.15 bits per heavy atom. The van der Waals surface area contributed by atoms with E-state index >= 15 is 0 Å². The average Bonchev–Trinajstić information content (AvgIpc) is 3.30. The highest BCUT2D eigenvalue weighted by molar-refractivity contribution is 5.99. The van der Waals surface area contributed by atoms with Crippen LogP contribution in [0.4, 0.5) is 10.1 Å². The normalized spacial score (nSPS) is 10.9. The van der Waals surface area contributed by atoms with E-state index in [0.717, 1.165) is 10.9 Å². The molecule has 0 atom stereocenters. The molecule has 8 nitrogen and oxygen atoms in total. The quantitative estimate of drug-likeness (QED) is 0.546. The second kappa shape index (κ2) is 7.24. The third-order valence-electron chi connectivity index (χ3n) is 3.83. The molecule has 2 aromatic carbocycles. The number of nitrogens with one attached hydrogen (secondary N) is 2. The molecule has 0 aliphatic rings. The summed E-state index contributed by atoms with van der Waals surface area (Å²) in [4.78, 5) is 12.3. The number of hydrogen-bond donors (Lipinski definition) is 2. The van der Waals surface area contributed by atoms with Crippen LogP contribution in [0.15, 0.2) is 54.9 Å². The Hall–Kier alpha value is -3.75. The minimum absolute atomic E-state index is 0.00249. The number of hydrogen-bond acceptors (Lipinski definition) is 5. The first-order chi connectivity index (χ1) is 13.2. The largest absolute Gasteiger partial charge is 0.487 e. The second-order valence-electron chi connectivity index (χ2n) is 5.84. The Bertz CT molecular complexity index is 1090. The van der Waals surface area contributed by atoms with E-state index < -0.39 is 0 Å². The lowest BCUT2D eigenvalue weighted by atomic mass is 10.2. The molecule has 9 heteroatoms. The molecule has 0 saturated heterocycles. The van der Waals surface area contributed by atoms with Crippen molar-refractivity contribution in [2.45, 2.75) is 13.2 Å². The molecule has 2 aromatic heterocycles. The van der Waals surface area contributed by atoms with Gasteiger partial charge in [0.2, 0.25) is 5.91 Å². The van der Waals surface area contributed by atoms with Gasteiger partial charge in [-0.05, 0) is 18.2 Å². The molecule has 0 bridgehead atoms. The summed E-state index contributed by atoms with van der Waals surface area (Å²) in [5, 5.41) is 18.4. The van der Waals surface area contributed by atoms with Gasteiger partial charge in [-0.15, -0.1) is 5.10 Å². The molecule has 0 spiro atoms. The number of fused-ring (bicyclic) bond motifs is 1. The summed E-state index contributed by atoms with van der Waals surface area (Å²) < 4.78 is 20.0. The van der Waals surface area contributed by atoms with Gasteiger partial charge in [0.15, 0.2) is 0 Å². The number of nitrogens with zero attached hydrogens (tertiary/aromatic N) is 4. The maximum atomic E-state index is 13.1. The molecule has 27 heavy (non-hydrogen) atoms. The molecule has 2 heterocycles. The fraction of sp³-hybridized carbons (Fsp3) is 0.111. The summed E-state index contributed by atoms with van der Waals surface area (Å²) in [5.41, 5.74) is 1.93. The number of benzene rings is 2. The van der Waals surface area contributed by atoms with Crippen LogP contribution in [-0.4, -0.2) is 31.1 Å². The van der Waals surface area contributed by atoms with Crippen molar-refractivity contribution >= 4 is 22.5 Å². The van der Waals surface area contributed by atoms with Gasteiger partial charge >= 0.3 is 0 Å². The summed E-state index contributed by atoms with van der Waals surface area (Å²) >= 11 is 0. The second-order valence-corrected chi connectivity index (χ2v) is 5.84. The highest BCUT2D eigenvalue weighted by Crippen LogP contribution is 2.20. The number of halogens is 1. The van der Waals surface area contributed by atoms with Crippen molar-refractivity contribution in [2.24, 2.45) is 0 Å². The smallest absolute Gasteiger partial charge is 0.246 e. The van der Waals surface area contributed by atoms with E-state index in [1.807, 2.05) is 12.1 Å². The van der Waals surface area contributed by atoms with Crippen LogP contribution < -0.4 is 10.1 Å². The minimum Gasteiger partial charge on any atom is -0.487 e. The Labute approximate surface area is 153 Å². The van der Waals surface area contributed by atoms with Gasteiger partial charge in [0.1, 0.15) is 30.4 Å². The van der Waals surface area contributed by atoms with Crippen LogP contribution in [0, 0.1) is 5.82 Å². The van der Waals surface area contributed by atoms with Gasteiger partial charge in [-0.25, -0.2) is 9.07 Å². The van der Waals surface area contributed by atoms with Crippen molar-refractivity contribution in [3.8, 4) is 5.75 Å². The van der Waals surface area contributed by atoms with Crippen molar-refractivity contribution in [1.82, 2.24) is 25.2 Å². The number of amides is 1. The number of ether oxygens (including phenoxy) is 1. The number of aromatic nitrogens is 5. The van der Waals surface area contributed by atoms with E-state index in [9.17, 15) is 9.18 Å². The minimum atomic E-state index is -0.375. The fourth-order valence-electron chi connectivity index (χ4n) is 2.61. The Kier molecular flexibility index (Phi) is 4.48. The molecule has 0 saturated carbocycles. The Morgan fingerprint density at radius 1 is 1.26 bits per heavy atom. The molecular weight excluding hydrogens is 351 g/mol. The van der Waals surface area contributed by atoms with E-state index in [1.165, 1.54) is 16.8 Å². The van der Waals surface area contributed by atoms with Crippen molar-refractivity contribution in [1.29, 1.82) is 0 Å². The summed E-state index contributed by atoms with van der Waals surface area (Å²) in [5.74, 6) is -0.227. The van der Waals surface area contributed by atoms with Crippen LogP contribution in [0.3, 0.4) is 0 Å². The standard InChI is InChI=1S/C18H15FN6O2/c19-13-4-2-5-15(7-13)27-11-14-9-25(24-22-14)10-17(26)21-16-6-1-3-12-8-20-23-18(12)16/h1-9H,10-11H2,(H,20,23)(H,21,26). The highest BCUT2D eigenvalue weighted by atomic mass is 19.1. The first kappa shape index (κ1) is 16.7. The summed E-state index contributed by atoms with van der Waals surface area (Å²) in [6.45, 7) is 0.121. The predicted molar refractivity (Wildman–Crippen MR) is 95.5 cm³/mol. The zero-order chi connectivity index (χ0) is 18.6.